The Kier molecular flexibility index (Phi) is 5.68. The number of aliphatic imine (C=N–C) groups is 1. The standard InChI is InChI=1S/C27H25N3O4S/c1-18-9-12-22(13-10-18)35(32,33)34-21-11-14-25-23(15-21)24-16-28-19(2)27(31)30(26(24)29(25)3)17-20-7-5-4-6-8-20/h4-16,19H,17H2,1-3H3. The number of aromatic nitrogens is 1. The minimum absolute atomic E-state index is 0.0881. The van der Waals surface area contributed by atoms with Gasteiger partial charge in [-0.3, -0.25) is 14.7 Å². The number of nitrogens with zero attached hydrogens (tertiary/aromatic N) is 3. The molecule has 5 rings (SSSR count). The van der Waals surface area contributed by atoms with Crippen LogP contribution in [0.4, 0.5) is 5.82 Å². The minimum Gasteiger partial charge on any atom is -0.379 e. The second kappa shape index (κ2) is 8.70. The van der Waals surface area contributed by atoms with Crippen LogP contribution in [0.5, 0.6) is 5.75 Å². The number of rotatable bonds is 5. The summed E-state index contributed by atoms with van der Waals surface area (Å²) in [7, 11) is -2.11. The maximum Gasteiger partial charge on any atom is 0.339 e. The highest BCUT2D eigenvalue weighted by Gasteiger charge is 2.30. The average Bonchev–Trinajstić information content (AvgIpc) is 3.04. The molecule has 1 unspecified atom stereocenters. The molecule has 0 radical (unpaired) electrons. The predicted molar refractivity (Wildman–Crippen MR) is 137 cm³/mol. The summed E-state index contributed by atoms with van der Waals surface area (Å²) < 4.78 is 33.1. The second-order valence-electron chi connectivity index (χ2n) is 8.69. The van der Waals surface area contributed by atoms with E-state index in [1.54, 1.807) is 48.4 Å². The summed E-state index contributed by atoms with van der Waals surface area (Å²) in [5.74, 6) is 0.798. The van der Waals surface area contributed by atoms with Crippen molar-refractivity contribution in [3.63, 3.8) is 0 Å². The highest BCUT2D eigenvalue weighted by atomic mass is 32.2. The molecule has 1 aromatic heterocycles. The van der Waals surface area contributed by atoms with Crippen LogP contribution in [0.1, 0.15) is 23.6 Å². The number of anilines is 1. The highest BCUT2D eigenvalue weighted by Crippen LogP contribution is 2.36. The summed E-state index contributed by atoms with van der Waals surface area (Å²) >= 11 is 0. The van der Waals surface area contributed by atoms with E-state index in [1.807, 2.05) is 48.9 Å². The van der Waals surface area contributed by atoms with Crippen molar-refractivity contribution in [3.05, 3.63) is 89.5 Å². The van der Waals surface area contributed by atoms with E-state index in [9.17, 15) is 13.2 Å². The van der Waals surface area contributed by atoms with Crippen molar-refractivity contribution < 1.29 is 17.4 Å². The molecule has 1 atom stereocenters. The van der Waals surface area contributed by atoms with Crippen LogP contribution in [0.25, 0.3) is 10.9 Å². The van der Waals surface area contributed by atoms with Crippen molar-refractivity contribution in [1.82, 2.24) is 4.57 Å². The quantitative estimate of drug-likeness (QED) is 0.385. The fourth-order valence-electron chi connectivity index (χ4n) is 4.32. The van der Waals surface area contributed by atoms with E-state index in [0.717, 1.165) is 27.6 Å². The molecule has 3 aromatic carbocycles. The molecule has 0 fully saturated rings. The monoisotopic (exact) mass is 487 g/mol. The molecule has 0 spiro atoms. The van der Waals surface area contributed by atoms with Crippen molar-refractivity contribution in [2.45, 2.75) is 31.3 Å². The third-order valence-corrected chi connectivity index (χ3v) is 7.44. The van der Waals surface area contributed by atoms with Gasteiger partial charge in [-0.15, -0.1) is 0 Å². The number of hydrogen-bond donors (Lipinski definition) is 0. The van der Waals surface area contributed by atoms with Gasteiger partial charge in [0.25, 0.3) is 5.91 Å². The maximum atomic E-state index is 13.3. The van der Waals surface area contributed by atoms with Crippen LogP contribution in [-0.4, -0.2) is 31.1 Å². The molecule has 4 aromatic rings. The lowest BCUT2D eigenvalue weighted by Gasteiger charge is -2.24. The molecule has 178 valence electrons. The third kappa shape index (κ3) is 4.21. The Balaban J connectivity index is 1.59. The highest BCUT2D eigenvalue weighted by molar-refractivity contribution is 7.87. The van der Waals surface area contributed by atoms with Crippen LogP contribution in [0, 0.1) is 6.92 Å². The Morgan fingerprint density at radius 3 is 2.43 bits per heavy atom. The lowest BCUT2D eigenvalue weighted by molar-refractivity contribution is -0.119. The van der Waals surface area contributed by atoms with Crippen molar-refractivity contribution in [2.24, 2.45) is 12.0 Å². The molecule has 35 heavy (non-hydrogen) atoms. The minimum atomic E-state index is -3.99. The fraction of sp³-hybridized carbons (Fsp3) is 0.185. The molecule has 0 saturated heterocycles. The van der Waals surface area contributed by atoms with Crippen LogP contribution in [-0.2, 0) is 28.5 Å². The Hall–Kier alpha value is -3.91. The molecule has 0 saturated carbocycles. The first-order valence-electron chi connectivity index (χ1n) is 11.3. The zero-order chi connectivity index (χ0) is 24.7. The number of hydrogen-bond acceptors (Lipinski definition) is 5. The molecule has 1 aliphatic rings. The lowest BCUT2D eigenvalue weighted by atomic mass is 10.1. The largest absolute Gasteiger partial charge is 0.379 e. The van der Waals surface area contributed by atoms with Gasteiger partial charge >= 0.3 is 10.1 Å². The molecular weight excluding hydrogens is 462 g/mol. The number of benzene rings is 3. The topological polar surface area (TPSA) is 81.0 Å². The van der Waals surface area contributed by atoms with Crippen LogP contribution in [0.3, 0.4) is 0 Å². The summed E-state index contributed by atoms with van der Waals surface area (Å²) in [4.78, 5) is 19.6. The molecule has 8 heteroatoms. The molecule has 0 bridgehead atoms. The van der Waals surface area contributed by atoms with Crippen molar-refractivity contribution in [2.75, 3.05) is 4.90 Å². The Morgan fingerprint density at radius 1 is 1.00 bits per heavy atom. The average molecular weight is 488 g/mol. The summed E-state index contributed by atoms with van der Waals surface area (Å²) in [6.45, 7) is 4.06. The van der Waals surface area contributed by atoms with Crippen molar-refractivity contribution >= 4 is 39.0 Å². The Bertz CT molecular complexity index is 1560. The van der Waals surface area contributed by atoms with Crippen molar-refractivity contribution in [1.29, 1.82) is 0 Å². The predicted octanol–water partition coefficient (Wildman–Crippen LogP) is 4.61. The van der Waals surface area contributed by atoms with Gasteiger partial charge in [-0.2, -0.15) is 8.42 Å². The van der Waals surface area contributed by atoms with E-state index in [1.165, 1.54) is 12.1 Å². The Morgan fingerprint density at radius 2 is 1.71 bits per heavy atom. The van der Waals surface area contributed by atoms with E-state index in [0.29, 0.717) is 12.4 Å². The number of fused-ring (bicyclic) bond motifs is 3. The van der Waals surface area contributed by atoms with Gasteiger partial charge in [-0.05, 0) is 49.7 Å². The first kappa shape index (κ1) is 22.9. The third-order valence-electron chi connectivity index (χ3n) is 6.18. The van der Waals surface area contributed by atoms with Crippen LogP contribution < -0.4 is 9.08 Å². The zero-order valence-electron chi connectivity index (χ0n) is 19.7. The van der Waals surface area contributed by atoms with Gasteiger partial charge in [0.05, 0.1) is 12.1 Å². The zero-order valence-corrected chi connectivity index (χ0v) is 20.5. The number of carbonyl (C=O) groups excluding carboxylic acids is 1. The van der Waals surface area contributed by atoms with Gasteiger partial charge < -0.3 is 8.75 Å². The van der Waals surface area contributed by atoms with E-state index in [-0.39, 0.29) is 16.6 Å². The van der Waals surface area contributed by atoms with Crippen LogP contribution >= 0.6 is 0 Å². The second-order valence-corrected chi connectivity index (χ2v) is 10.2. The van der Waals surface area contributed by atoms with E-state index >= 15 is 0 Å². The van der Waals surface area contributed by atoms with Gasteiger partial charge in [-0.1, -0.05) is 48.0 Å². The van der Waals surface area contributed by atoms with Crippen LogP contribution in [0.2, 0.25) is 0 Å². The molecule has 1 amide bonds. The first-order valence-corrected chi connectivity index (χ1v) is 12.7. The smallest absolute Gasteiger partial charge is 0.339 e. The number of carbonyl (C=O) groups is 1. The molecular formula is C27H25N3O4S. The van der Waals surface area contributed by atoms with Gasteiger partial charge in [0.15, 0.2) is 0 Å². The summed E-state index contributed by atoms with van der Waals surface area (Å²) in [5.41, 5.74) is 3.54. The van der Waals surface area contributed by atoms with Gasteiger partial charge in [0.1, 0.15) is 22.5 Å². The summed E-state index contributed by atoms with van der Waals surface area (Å²) in [6, 6.07) is 20.9. The molecule has 7 nitrogen and oxygen atoms in total. The first-order chi connectivity index (χ1) is 16.7. The van der Waals surface area contributed by atoms with Crippen molar-refractivity contribution in [3.8, 4) is 5.75 Å². The fourth-order valence-corrected chi connectivity index (χ4v) is 5.25. The molecule has 1 aliphatic heterocycles. The van der Waals surface area contributed by atoms with E-state index < -0.39 is 16.2 Å². The van der Waals surface area contributed by atoms with E-state index in [2.05, 4.69) is 4.99 Å². The SMILES string of the molecule is Cc1ccc(S(=O)(=O)Oc2ccc3c(c2)c2c(n3C)N(Cc3ccccc3)C(=O)C(C)N=C2)cc1. The molecule has 0 N–H and O–H groups in total. The van der Waals surface area contributed by atoms with Crippen LogP contribution in [0.15, 0.2) is 82.7 Å². The van der Waals surface area contributed by atoms with Gasteiger partial charge in [-0.25, -0.2) is 0 Å². The van der Waals surface area contributed by atoms with E-state index in [4.69, 9.17) is 4.18 Å². The normalized spacial score (nSPS) is 15.8. The van der Waals surface area contributed by atoms with Gasteiger partial charge in [0, 0.05) is 24.2 Å². The molecule has 0 aliphatic carbocycles. The summed E-state index contributed by atoms with van der Waals surface area (Å²) in [5, 5.41) is 0.753. The number of amides is 1. The van der Waals surface area contributed by atoms with Gasteiger partial charge in [0.2, 0.25) is 0 Å². The Labute approximate surface area is 204 Å². The summed E-state index contributed by atoms with van der Waals surface area (Å²) in [6.07, 6.45) is 1.70. The number of aryl methyl sites for hydroxylation is 2. The lowest BCUT2D eigenvalue weighted by Crippen LogP contribution is -2.37. The molecule has 2 heterocycles. The maximum absolute atomic E-state index is 13.3.